The molecule has 1 aromatic rings. The van der Waals surface area contributed by atoms with Gasteiger partial charge in [-0.25, -0.2) is 0 Å². The van der Waals surface area contributed by atoms with Gasteiger partial charge in [-0.1, -0.05) is 12.1 Å². The first kappa shape index (κ1) is 6.20. The van der Waals surface area contributed by atoms with Gasteiger partial charge in [0.1, 0.15) is 0 Å². The molecule has 12 heavy (non-hydrogen) atoms. The summed E-state index contributed by atoms with van der Waals surface area (Å²) in [6.07, 6.45) is 1.24. The smallest absolute Gasteiger partial charge is 0.213 e. The van der Waals surface area contributed by atoms with Gasteiger partial charge in [0.15, 0.2) is 6.23 Å². The topological polar surface area (TPSA) is 35.8 Å². The van der Waals surface area contributed by atoms with Crippen molar-refractivity contribution in [3.63, 3.8) is 0 Å². The van der Waals surface area contributed by atoms with Gasteiger partial charge in [0.2, 0.25) is 1.43 Å². The monoisotopic (exact) mass is 163 g/mol. The van der Waals surface area contributed by atoms with Crippen molar-refractivity contribution in [2.75, 3.05) is 11.9 Å². The van der Waals surface area contributed by atoms with Crippen molar-refractivity contribution in [3.8, 4) is 0 Å². The fraction of sp³-hybridized carbons (Fsp3) is 0.222. The molecule has 1 atom stereocenters. The van der Waals surface area contributed by atoms with E-state index in [0.29, 0.717) is 0 Å². The molecular formula is C9H10N2O. The van der Waals surface area contributed by atoms with Crippen LogP contribution in [0.3, 0.4) is 0 Å². The number of nitrogens with zero attached hydrogens (tertiary/aromatic N) is 2. The van der Waals surface area contributed by atoms with Crippen LogP contribution >= 0.6 is 0 Å². The highest BCUT2D eigenvalue weighted by molar-refractivity contribution is 5.82. The van der Waals surface area contributed by atoms with E-state index in [1.807, 2.05) is 36.2 Å². The molecule has 1 aliphatic heterocycles. The van der Waals surface area contributed by atoms with Gasteiger partial charge < -0.3 is 10.0 Å². The Morgan fingerprint density at radius 3 is 3.25 bits per heavy atom. The summed E-state index contributed by atoms with van der Waals surface area (Å²) in [5.41, 5.74) is 1.90. The molecule has 0 aromatic heterocycles. The lowest BCUT2D eigenvalue weighted by molar-refractivity contribution is 0.245. The van der Waals surface area contributed by atoms with E-state index < -0.39 is 0 Å². The first-order chi connectivity index (χ1) is 6.33. The van der Waals surface area contributed by atoms with E-state index in [9.17, 15) is 0 Å². The molecule has 0 saturated carbocycles. The van der Waals surface area contributed by atoms with Crippen molar-refractivity contribution in [3.05, 3.63) is 24.3 Å². The Hall–Kier alpha value is -1.35. The summed E-state index contributed by atoms with van der Waals surface area (Å²) in [5.74, 6) is 0. The van der Waals surface area contributed by atoms with Gasteiger partial charge in [0.25, 0.3) is 0 Å². The minimum absolute atomic E-state index is 0.380. The van der Waals surface area contributed by atoms with Crippen LogP contribution in [0, 0.1) is 0 Å². The minimum atomic E-state index is -0.380. The fourth-order valence-corrected chi connectivity index (χ4v) is 1.25. The molecule has 0 bridgehead atoms. The lowest BCUT2D eigenvalue weighted by Crippen LogP contribution is -2.34. The largest absolute Gasteiger partial charge is 0.368 e. The van der Waals surface area contributed by atoms with E-state index in [4.69, 9.17) is 1.43 Å². The number of aliphatic hydroxyl groups is 1. The first-order valence-corrected chi connectivity index (χ1v) is 3.81. The van der Waals surface area contributed by atoms with Gasteiger partial charge in [-0.2, -0.15) is 0 Å². The summed E-state index contributed by atoms with van der Waals surface area (Å²) < 4.78 is 6.84. The van der Waals surface area contributed by atoms with Gasteiger partial charge in [-0.15, -0.1) is 0 Å². The number of rotatable bonds is 1. The molecule has 0 spiro atoms. The van der Waals surface area contributed by atoms with E-state index in [-0.39, 0.29) is 6.23 Å². The van der Waals surface area contributed by atoms with Crippen molar-refractivity contribution in [2.24, 2.45) is 4.99 Å². The van der Waals surface area contributed by atoms with Crippen LogP contribution in [0.15, 0.2) is 29.3 Å². The number of anilines is 1. The predicted molar refractivity (Wildman–Crippen MR) is 49.0 cm³/mol. The van der Waals surface area contributed by atoms with E-state index in [1.165, 1.54) is 0 Å². The molecule has 3 nitrogen and oxygen atoms in total. The Labute approximate surface area is 72.5 Å². The lowest BCUT2D eigenvalue weighted by Gasteiger charge is -2.27. The predicted octanol–water partition coefficient (Wildman–Crippen LogP) is 1.16. The molecule has 1 N–H and O–H groups in total. The first-order valence-electron chi connectivity index (χ1n) is 4.22. The normalized spacial score (nSPS) is 21.9. The maximum absolute atomic E-state index is 6.84. The molecule has 3 heteroatoms. The van der Waals surface area contributed by atoms with Crippen LogP contribution in [0.2, 0.25) is 0 Å². The molecular weight excluding hydrogens is 152 g/mol. The number of hydrogen-bond acceptors (Lipinski definition) is 3. The lowest BCUT2D eigenvalue weighted by atomic mass is 10.2. The number of benzene rings is 1. The molecule has 1 unspecified atom stereocenters. The zero-order chi connectivity index (χ0) is 9.26. The van der Waals surface area contributed by atoms with E-state index in [0.717, 1.165) is 11.4 Å². The van der Waals surface area contributed by atoms with E-state index in [1.54, 1.807) is 6.21 Å². The van der Waals surface area contributed by atoms with Gasteiger partial charge in [0, 0.05) is 7.05 Å². The Morgan fingerprint density at radius 1 is 1.58 bits per heavy atom. The fourth-order valence-electron chi connectivity index (χ4n) is 1.25. The third-order valence-electron chi connectivity index (χ3n) is 1.98. The third kappa shape index (κ3) is 0.987. The van der Waals surface area contributed by atoms with Crippen molar-refractivity contribution in [1.29, 1.82) is 1.43 Å². The van der Waals surface area contributed by atoms with Crippen LogP contribution in [0.4, 0.5) is 11.4 Å². The summed E-state index contributed by atoms with van der Waals surface area (Å²) in [5, 5.41) is 4.49. The molecule has 62 valence electrons. The summed E-state index contributed by atoms with van der Waals surface area (Å²) >= 11 is 0. The second-order valence-electron chi connectivity index (χ2n) is 2.77. The molecule has 0 radical (unpaired) electrons. The van der Waals surface area contributed by atoms with Gasteiger partial charge in [-0.3, -0.25) is 4.99 Å². The molecule has 1 aromatic carbocycles. The van der Waals surface area contributed by atoms with Crippen molar-refractivity contribution >= 4 is 17.6 Å². The number of hydrogen-bond donors (Lipinski definition) is 1. The van der Waals surface area contributed by atoms with Crippen LogP contribution in [0.25, 0.3) is 0 Å². The maximum Gasteiger partial charge on any atom is 0.213 e. The van der Waals surface area contributed by atoms with Crippen LogP contribution in [-0.2, 0) is 0 Å². The van der Waals surface area contributed by atoms with Gasteiger partial charge >= 0.3 is 0 Å². The number of para-hydroxylation sites is 2. The van der Waals surface area contributed by atoms with Crippen LogP contribution in [-0.4, -0.2) is 26.0 Å². The second kappa shape index (κ2) is 2.60. The molecule has 0 fully saturated rings. The SMILES string of the molecule is [2H]OC1C=Nc2ccccc2N1C. The minimum Gasteiger partial charge on any atom is -0.368 e. The molecule has 2 rings (SSSR count). The number of aliphatic hydroxyl groups excluding tert-OH is 1. The summed E-state index contributed by atoms with van der Waals surface area (Å²) in [6.45, 7) is 0. The molecule has 0 amide bonds. The Bertz CT molecular complexity index is 340. The zero-order valence-electron chi connectivity index (χ0n) is 7.77. The van der Waals surface area contributed by atoms with Crippen molar-refractivity contribution in [1.82, 2.24) is 0 Å². The Morgan fingerprint density at radius 2 is 2.42 bits per heavy atom. The summed E-state index contributed by atoms with van der Waals surface area (Å²) in [7, 11) is 1.88. The number of fused-ring (bicyclic) bond motifs is 1. The standard InChI is InChI=1S/C9H10N2O/c1-11-8-5-3-2-4-7(8)10-6-9(11)12/h2-6,9,12H,1H3/i12D. The highest BCUT2D eigenvalue weighted by Gasteiger charge is 2.16. The van der Waals surface area contributed by atoms with Gasteiger partial charge in [0.05, 0.1) is 17.6 Å². The van der Waals surface area contributed by atoms with E-state index in [2.05, 4.69) is 10.1 Å². The molecule has 0 aliphatic carbocycles. The van der Waals surface area contributed by atoms with Crippen LogP contribution in [0.5, 0.6) is 0 Å². The van der Waals surface area contributed by atoms with Crippen molar-refractivity contribution in [2.45, 2.75) is 6.23 Å². The quantitative estimate of drug-likeness (QED) is 0.674. The number of aliphatic imine (C=N–C) groups is 1. The molecule has 0 saturated heterocycles. The van der Waals surface area contributed by atoms with Crippen LogP contribution in [0.1, 0.15) is 0 Å². The average Bonchev–Trinajstić information content (AvgIpc) is 2.19. The Kier molecular flexibility index (Phi) is 1.35. The average molecular weight is 163 g/mol. The molecule has 1 aliphatic rings. The third-order valence-corrected chi connectivity index (χ3v) is 1.98. The summed E-state index contributed by atoms with van der Waals surface area (Å²) in [4.78, 5) is 6.05. The maximum atomic E-state index is 6.84. The van der Waals surface area contributed by atoms with E-state index >= 15 is 0 Å². The second-order valence-corrected chi connectivity index (χ2v) is 2.77. The van der Waals surface area contributed by atoms with Crippen LogP contribution < -0.4 is 4.90 Å². The summed E-state index contributed by atoms with van der Waals surface area (Å²) in [6, 6.07) is 7.77. The molecule has 1 heterocycles. The van der Waals surface area contributed by atoms with Gasteiger partial charge in [-0.05, 0) is 12.1 Å². The zero-order valence-corrected chi connectivity index (χ0v) is 6.77. The van der Waals surface area contributed by atoms with Crippen molar-refractivity contribution < 1.29 is 5.11 Å². The Balaban J connectivity index is 2.42. The highest BCUT2D eigenvalue weighted by atomic mass is 16.3. The highest BCUT2D eigenvalue weighted by Crippen LogP contribution is 2.30.